The zero-order valence-electron chi connectivity index (χ0n) is 13.1. The van der Waals surface area contributed by atoms with Gasteiger partial charge in [-0.3, -0.25) is 0 Å². The molecule has 0 radical (unpaired) electrons. The number of ether oxygens (including phenoxy) is 1. The van der Waals surface area contributed by atoms with Crippen LogP contribution in [0.2, 0.25) is 0 Å². The third-order valence-electron chi connectivity index (χ3n) is 6.26. The second-order valence-electron chi connectivity index (χ2n) is 7.04. The summed E-state index contributed by atoms with van der Waals surface area (Å²) in [6.45, 7) is 6.98. The number of hydrogen-bond donors (Lipinski definition) is 2. The van der Waals surface area contributed by atoms with Crippen LogP contribution in [0.25, 0.3) is 0 Å². The van der Waals surface area contributed by atoms with Gasteiger partial charge in [-0.05, 0) is 44.0 Å². The molecule has 1 fully saturated rings. The van der Waals surface area contributed by atoms with Crippen molar-refractivity contribution in [3.8, 4) is 11.5 Å². The Hall–Kier alpha value is -1.52. The molecule has 0 unspecified atom stereocenters. The van der Waals surface area contributed by atoms with Gasteiger partial charge >= 0.3 is 0 Å². The molecular weight excluding hydrogens is 278 g/mol. The largest absolute Gasteiger partial charge is 0.504 e. The summed E-state index contributed by atoms with van der Waals surface area (Å²) in [6.07, 6.45) is 2.36. The van der Waals surface area contributed by atoms with E-state index in [1.807, 2.05) is 6.07 Å². The maximum Gasteiger partial charge on any atom is 0.165 e. The van der Waals surface area contributed by atoms with E-state index in [1.165, 1.54) is 5.56 Å². The molecule has 1 aromatic rings. The molecule has 22 heavy (non-hydrogen) atoms. The third-order valence-corrected chi connectivity index (χ3v) is 6.26. The van der Waals surface area contributed by atoms with Crippen LogP contribution in [-0.4, -0.2) is 47.0 Å². The Balaban J connectivity index is 1.97. The lowest BCUT2D eigenvalue weighted by atomic mass is 9.55. The van der Waals surface area contributed by atoms with Gasteiger partial charge in [-0.2, -0.15) is 0 Å². The number of likely N-dealkylation sites (N-methyl/N-ethyl adjacent to an activating group) is 1. The van der Waals surface area contributed by atoms with Gasteiger partial charge in [-0.1, -0.05) is 19.1 Å². The number of piperidine rings is 1. The van der Waals surface area contributed by atoms with Crippen LogP contribution in [0.15, 0.2) is 24.8 Å². The van der Waals surface area contributed by atoms with Crippen LogP contribution in [0.3, 0.4) is 0 Å². The lowest BCUT2D eigenvalue weighted by molar-refractivity contribution is -0.0445. The molecule has 1 spiro atoms. The molecule has 0 saturated carbocycles. The van der Waals surface area contributed by atoms with Crippen molar-refractivity contribution < 1.29 is 14.9 Å². The molecule has 0 aromatic heterocycles. The number of aliphatic hydroxyl groups is 1. The number of nitrogens with zero attached hydrogens (tertiary/aromatic N) is 1. The number of aromatic hydroxyl groups is 1. The van der Waals surface area contributed by atoms with Crippen LogP contribution < -0.4 is 4.74 Å². The minimum Gasteiger partial charge on any atom is -0.504 e. The van der Waals surface area contributed by atoms with E-state index in [-0.39, 0.29) is 17.3 Å². The summed E-state index contributed by atoms with van der Waals surface area (Å²) >= 11 is 0. The monoisotopic (exact) mass is 301 g/mol. The van der Waals surface area contributed by atoms with Crippen molar-refractivity contribution >= 4 is 0 Å². The number of phenols is 1. The van der Waals surface area contributed by atoms with Crippen molar-refractivity contribution in [2.75, 3.05) is 13.6 Å². The number of likely N-dealkylation sites (tertiary alicyclic amines) is 1. The average Bonchev–Trinajstić information content (AvgIpc) is 2.86. The lowest BCUT2D eigenvalue weighted by Crippen LogP contribution is -2.62. The van der Waals surface area contributed by atoms with Crippen molar-refractivity contribution in [3.63, 3.8) is 0 Å². The van der Waals surface area contributed by atoms with Gasteiger partial charge in [0, 0.05) is 17.0 Å². The Bertz CT molecular complexity index is 643. The molecule has 3 aliphatic rings. The van der Waals surface area contributed by atoms with Crippen LogP contribution in [0.4, 0.5) is 0 Å². The molecule has 2 N–H and O–H groups in total. The first-order valence-corrected chi connectivity index (χ1v) is 8.03. The normalized spacial score (nSPS) is 37.3. The Morgan fingerprint density at radius 2 is 2.27 bits per heavy atom. The van der Waals surface area contributed by atoms with Crippen LogP contribution in [0, 0.1) is 5.92 Å². The van der Waals surface area contributed by atoms with Crippen molar-refractivity contribution in [1.82, 2.24) is 4.90 Å². The fourth-order valence-corrected chi connectivity index (χ4v) is 5.08. The Kier molecular flexibility index (Phi) is 2.88. The maximum absolute atomic E-state index is 10.5. The highest BCUT2D eigenvalue weighted by Gasteiger charge is 2.61. The Morgan fingerprint density at radius 1 is 1.50 bits per heavy atom. The minimum atomic E-state index is -0.732. The summed E-state index contributed by atoms with van der Waals surface area (Å²) in [7, 11) is 2.18. The van der Waals surface area contributed by atoms with Gasteiger partial charge in [0.05, 0.1) is 0 Å². The molecule has 1 saturated heterocycles. The third kappa shape index (κ3) is 1.49. The number of fused-ring (bicyclic) bond motifs is 1. The van der Waals surface area contributed by atoms with Gasteiger partial charge in [0.2, 0.25) is 0 Å². The first kappa shape index (κ1) is 14.1. The summed E-state index contributed by atoms with van der Waals surface area (Å²) in [5.74, 6) is 1.13. The Labute approximate surface area is 131 Å². The molecule has 2 heterocycles. The minimum absolute atomic E-state index is 0.182. The molecule has 4 heteroatoms. The predicted octanol–water partition coefficient (Wildman–Crippen LogP) is 1.83. The summed E-state index contributed by atoms with van der Waals surface area (Å²) in [6, 6.07) is 4.18. The summed E-state index contributed by atoms with van der Waals surface area (Å²) in [4.78, 5) is 2.42. The summed E-state index contributed by atoms with van der Waals surface area (Å²) < 4.78 is 6.11. The van der Waals surface area contributed by atoms with Crippen molar-refractivity contribution in [2.24, 2.45) is 5.92 Å². The SMILES string of the molecule is C=C[C@H](O)[C@@H]1Oc2c(O)ccc3c2[C@@]12CCN(C)[C@H](C3)[C@@H]2C. The predicted molar refractivity (Wildman–Crippen MR) is 84.3 cm³/mol. The fraction of sp³-hybridized carbons (Fsp3) is 0.556. The first-order chi connectivity index (χ1) is 10.5. The molecule has 4 rings (SSSR count). The van der Waals surface area contributed by atoms with E-state index in [9.17, 15) is 10.2 Å². The van der Waals surface area contributed by atoms with Gasteiger partial charge < -0.3 is 19.8 Å². The van der Waals surface area contributed by atoms with Gasteiger partial charge in [0.25, 0.3) is 0 Å². The van der Waals surface area contributed by atoms with Crippen LogP contribution in [-0.2, 0) is 11.8 Å². The fourth-order valence-electron chi connectivity index (χ4n) is 5.08. The first-order valence-electron chi connectivity index (χ1n) is 8.03. The zero-order chi connectivity index (χ0) is 15.6. The topological polar surface area (TPSA) is 52.9 Å². The zero-order valence-corrected chi connectivity index (χ0v) is 13.1. The number of rotatable bonds is 2. The molecule has 5 atom stereocenters. The standard InChI is InChI=1S/C18H23NO3/c1-4-13(20)17-18-7-8-19(3)12(10(18)2)9-11-5-6-14(21)16(22-17)15(11)18/h4-6,10,12-13,17,20-21H,1,7-9H2,2-3H3/t10-,12+,13-,17-,18-/m0/s1. The second-order valence-corrected chi connectivity index (χ2v) is 7.04. The number of hydrogen-bond acceptors (Lipinski definition) is 4. The van der Waals surface area contributed by atoms with Crippen molar-refractivity contribution in [3.05, 3.63) is 35.9 Å². The highest BCUT2D eigenvalue weighted by atomic mass is 16.5. The molecule has 0 amide bonds. The molecule has 2 bridgehead atoms. The lowest BCUT2D eigenvalue weighted by Gasteiger charge is -2.54. The van der Waals surface area contributed by atoms with Gasteiger partial charge in [-0.25, -0.2) is 0 Å². The number of benzene rings is 1. The molecular formula is C18H23NO3. The number of aliphatic hydroxyl groups excluding tert-OH is 1. The van der Waals surface area contributed by atoms with Gasteiger partial charge in [0.1, 0.15) is 12.2 Å². The summed E-state index contributed by atoms with van der Waals surface area (Å²) in [5, 5.41) is 20.7. The van der Waals surface area contributed by atoms with E-state index in [4.69, 9.17) is 4.74 Å². The van der Waals surface area contributed by atoms with Gasteiger partial charge in [-0.15, -0.1) is 6.58 Å². The molecule has 118 valence electrons. The Morgan fingerprint density at radius 3 is 3.00 bits per heavy atom. The molecule has 1 aliphatic carbocycles. The van der Waals surface area contributed by atoms with Gasteiger partial charge in [0.15, 0.2) is 11.5 Å². The maximum atomic E-state index is 10.5. The van der Waals surface area contributed by atoms with E-state index in [2.05, 4.69) is 25.5 Å². The van der Waals surface area contributed by atoms with Crippen molar-refractivity contribution in [2.45, 2.75) is 43.4 Å². The molecule has 2 aliphatic heterocycles. The van der Waals surface area contributed by atoms with Crippen molar-refractivity contribution in [1.29, 1.82) is 0 Å². The summed E-state index contributed by atoms with van der Waals surface area (Å²) in [5.41, 5.74) is 2.16. The number of phenolic OH excluding ortho intramolecular Hbond substituents is 1. The van der Waals surface area contributed by atoms with E-state index in [0.717, 1.165) is 24.9 Å². The van der Waals surface area contributed by atoms with E-state index >= 15 is 0 Å². The molecule has 4 nitrogen and oxygen atoms in total. The highest BCUT2D eigenvalue weighted by Crippen LogP contribution is 2.60. The van der Waals surface area contributed by atoms with E-state index < -0.39 is 6.10 Å². The van der Waals surface area contributed by atoms with Crippen LogP contribution in [0.5, 0.6) is 11.5 Å². The van der Waals surface area contributed by atoms with Crippen LogP contribution in [0.1, 0.15) is 24.5 Å². The van der Waals surface area contributed by atoms with Crippen LogP contribution >= 0.6 is 0 Å². The highest BCUT2D eigenvalue weighted by molar-refractivity contribution is 5.60. The van der Waals surface area contributed by atoms with E-state index in [0.29, 0.717) is 17.7 Å². The molecule has 1 aromatic carbocycles. The smallest absolute Gasteiger partial charge is 0.165 e. The van der Waals surface area contributed by atoms with E-state index in [1.54, 1.807) is 12.1 Å². The quantitative estimate of drug-likeness (QED) is 0.818. The second kappa shape index (κ2) is 4.49. The average molecular weight is 301 g/mol.